The van der Waals surface area contributed by atoms with Crippen LogP contribution in [0, 0.1) is 6.92 Å². The third-order valence-electron chi connectivity index (χ3n) is 5.97. The van der Waals surface area contributed by atoms with Gasteiger partial charge in [0.2, 0.25) is 0 Å². The Kier molecular flexibility index (Phi) is 6.45. The molecule has 1 aliphatic heterocycles. The first-order valence-electron chi connectivity index (χ1n) is 11.0. The lowest BCUT2D eigenvalue weighted by molar-refractivity contribution is -1.02. The SMILES string of the molecule is Cc1cccc(C[NH+]2CC[NH+](CC(=O)Nc3ccccc3C(=O)NC3CC3)CC2)c1. The van der Waals surface area contributed by atoms with E-state index in [9.17, 15) is 9.59 Å². The predicted octanol–water partition coefficient (Wildman–Crippen LogP) is -0.191. The molecule has 1 aliphatic carbocycles. The molecule has 2 aromatic carbocycles. The molecule has 1 heterocycles. The first kappa shape index (κ1) is 20.6. The normalized spacial score (nSPS) is 21.1. The lowest BCUT2D eigenvalue weighted by Gasteiger charge is -2.29. The Balaban J connectivity index is 1.26. The maximum atomic E-state index is 12.6. The molecule has 4 N–H and O–H groups in total. The molecule has 2 aromatic rings. The molecule has 6 nitrogen and oxygen atoms in total. The van der Waals surface area contributed by atoms with E-state index >= 15 is 0 Å². The van der Waals surface area contributed by atoms with Gasteiger partial charge >= 0.3 is 0 Å². The van der Waals surface area contributed by atoms with Crippen LogP contribution in [0.1, 0.15) is 34.3 Å². The molecule has 2 amide bonds. The Morgan fingerprint density at radius 1 is 0.967 bits per heavy atom. The van der Waals surface area contributed by atoms with E-state index in [1.54, 1.807) is 17.0 Å². The molecular weight excluding hydrogens is 376 g/mol. The highest BCUT2D eigenvalue weighted by Gasteiger charge is 2.27. The van der Waals surface area contributed by atoms with Gasteiger partial charge < -0.3 is 20.4 Å². The van der Waals surface area contributed by atoms with Crippen molar-refractivity contribution in [3.05, 3.63) is 65.2 Å². The molecule has 0 bridgehead atoms. The quantitative estimate of drug-likeness (QED) is 0.513. The molecule has 158 valence electrons. The molecule has 1 saturated heterocycles. The van der Waals surface area contributed by atoms with Gasteiger partial charge in [0.05, 0.1) is 11.3 Å². The van der Waals surface area contributed by atoms with E-state index in [1.165, 1.54) is 16.0 Å². The molecule has 2 fully saturated rings. The molecule has 0 atom stereocenters. The Hall–Kier alpha value is -2.70. The fraction of sp³-hybridized carbons (Fsp3) is 0.417. The van der Waals surface area contributed by atoms with Crippen LogP contribution in [0.5, 0.6) is 0 Å². The van der Waals surface area contributed by atoms with Crippen molar-refractivity contribution in [2.45, 2.75) is 32.4 Å². The van der Waals surface area contributed by atoms with E-state index < -0.39 is 0 Å². The number of hydrogen-bond acceptors (Lipinski definition) is 2. The number of quaternary nitrogens is 2. The second-order valence-electron chi connectivity index (χ2n) is 8.68. The third-order valence-corrected chi connectivity index (χ3v) is 5.97. The number of hydrogen-bond donors (Lipinski definition) is 4. The number of rotatable bonds is 7. The van der Waals surface area contributed by atoms with E-state index in [0.717, 1.165) is 45.6 Å². The molecule has 0 spiro atoms. The van der Waals surface area contributed by atoms with Crippen molar-refractivity contribution in [3.63, 3.8) is 0 Å². The number of carbonyl (C=O) groups excluding carboxylic acids is 2. The highest BCUT2D eigenvalue weighted by molar-refractivity contribution is 6.04. The van der Waals surface area contributed by atoms with Gasteiger partial charge in [0.15, 0.2) is 6.54 Å². The summed E-state index contributed by atoms with van der Waals surface area (Å²) in [7, 11) is 0. The minimum atomic E-state index is -0.103. The van der Waals surface area contributed by atoms with Crippen LogP contribution >= 0.6 is 0 Å². The maximum Gasteiger partial charge on any atom is 0.279 e. The van der Waals surface area contributed by atoms with Crippen LogP contribution in [0.15, 0.2) is 48.5 Å². The summed E-state index contributed by atoms with van der Waals surface area (Å²) in [6.45, 7) is 7.72. The minimum Gasteiger partial charge on any atom is -0.349 e. The molecule has 30 heavy (non-hydrogen) atoms. The first-order chi connectivity index (χ1) is 14.6. The molecular formula is C24H32N4O2+2. The average Bonchev–Trinajstić information content (AvgIpc) is 3.54. The van der Waals surface area contributed by atoms with Gasteiger partial charge in [-0.3, -0.25) is 9.59 Å². The van der Waals surface area contributed by atoms with Crippen molar-refractivity contribution < 1.29 is 19.4 Å². The van der Waals surface area contributed by atoms with Gasteiger partial charge in [-0.2, -0.15) is 0 Å². The summed E-state index contributed by atoms with van der Waals surface area (Å²) in [4.78, 5) is 27.9. The number of piperazine rings is 1. The molecule has 0 radical (unpaired) electrons. The van der Waals surface area contributed by atoms with Crippen LogP contribution in [0.2, 0.25) is 0 Å². The largest absolute Gasteiger partial charge is 0.349 e. The summed E-state index contributed by atoms with van der Waals surface area (Å²) in [6.07, 6.45) is 2.09. The number of anilines is 1. The lowest BCUT2D eigenvalue weighted by Crippen LogP contribution is -3.28. The maximum absolute atomic E-state index is 12.6. The van der Waals surface area contributed by atoms with Crippen molar-refractivity contribution >= 4 is 17.5 Å². The number of aryl methyl sites for hydroxylation is 1. The summed E-state index contributed by atoms with van der Waals surface area (Å²) in [5.41, 5.74) is 3.83. The summed E-state index contributed by atoms with van der Waals surface area (Å²) in [5.74, 6) is -0.132. The zero-order valence-corrected chi connectivity index (χ0v) is 17.7. The minimum absolute atomic E-state index is 0.0289. The second kappa shape index (κ2) is 9.41. The number of carbonyl (C=O) groups is 2. The molecule has 2 aliphatic rings. The number of para-hydroxylation sites is 1. The van der Waals surface area contributed by atoms with Gasteiger partial charge in [0, 0.05) is 11.6 Å². The smallest absolute Gasteiger partial charge is 0.279 e. The van der Waals surface area contributed by atoms with Gasteiger partial charge in [0.25, 0.3) is 11.8 Å². The van der Waals surface area contributed by atoms with Gasteiger partial charge in [-0.1, -0.05) is 42.0 Å². The summed E-state index contributed by atoms with van der Waals surface area (Å²) >= 11 is 0. The van der Waals surface area contributed by atoms with E-state index in [-0.39, 0.29) is 11.8 Å². The Morgan fingerprint density at radius 2 is 1.70 bits per heavy atom. The fourth-order valence-corrected chi connectivity index (χ4v) is 4.12. The van der Waals surface area contributed by atoms with Gasteiger partial charge in [-0.25, -0.2) is 0 Å². The Labute approximate surface area is 178 Å². The zero-order chi connectivity index (χ0) is 20.9. The van der Waals surface area contributed by atoms with Crippen LogP contribution in [-0.4, -0.2) is 50.6 Å². The highest BCUT2D eigenvalue weighted by Crippen LogP contribution is 2.21. The van der Waals surface area contributed by atoms with Crippen LogP contribution in [0.4, 0.5) is 5.69 Å². The number of benzene rings is 2. The van der Waals surface area contributed by atoms with E-state index in [4.69, 9.17) is 0 Å². The molecule has 0 unspecified atom stereocenters. The zero-order valence-electron chi connectivity index (χ0n) is 17.7. The van der Waals surface area contributed by atoms with Crippen molar-refractivity contribution in [2.24, 2.45) is 0 Å². The summed E-state index contributed by atoms with van der Waals surface area (Å²) in [5, 5.41) is 5.96. The monoisotopic (exact) mass is 408 g/mol. The van der Waals surface area contributed by atoms with Crippen molar-refractivity contribution in [1.82, 2.24) is 5.32 Å². The van der Waals surface area contributed by atoms with Crippen LogP contribution in [0.25, 0.3) is 0 Å². The van der Waals surface area contributed by atoms with Crippen LogP contribution in [-0.2, 0) is 11.3 Å². The average molecular weight is 409 g/mol. The summed E-state index contributed by atoms with van der Waals surface area (Å²) in [6, 6.07) is 16.3. The Bertz CT molecular complexity index is 902. The molecule has 0 aromatic heterocycles. The van der Waals surface area contributed by atoms with Gasteiger partial charge in [-0.15, -0.1) is 0 Å². The predicted molar refractivity (Wildman–Crippen MR) is 117 cm³/mol. The topological polar surface area (TPSA) is 67.1 Å². The van der Waals surface area contributed by atoms with E-state index in [0.29, 0.717) is 23.8 Å². The van der Waals surface area contributed by atoms with Crippen LogP contribution in [0.3, 0.4) is 0 Å². The van der Waals surface area contributed by atoms with Gasteiger partial charge in [0.1, 0.15) is 32.7 Å². The second-order valence-corrected chi connectivity index (χ2v) is 8.68. The van der Waals surface area contributed by atoms with Gasteiger partial charge in [-0.05, 0) is 31.9 Å². The van der Waals surface area contributed by atoms with Crippen LogP contribution < -0.4 is 20.4 Å². The fourth-order valence-electron chi connectivity index (χ4n) is 4.12. The standard InChI is InChI=1S/C24H30N4O2/c1-18-5-4-6-19(15-18)16-27-11-13-28(14-12-27)17-23(29)26-22-8-3-2-7-21(22)24(30)25-20-9-10-20/h2-8,15,20H,9-14,16-17H2,1H3,(H,25,30)(H,26,29)/p+2. The van der Waals surface area contributed by atoms with Crippen molar-refractivity contribution in [1.29, 1.82) is 0 Å². The van der Waals surface area contributed by atoms with E-state index in [1.807, 2.05) is 12.1 Å². The summed E-state index contributed by atoms with van der Waals surface area (Å²) < 4.78 is 0. The lowest BCUT2D eigenvalue weighted by atomic mass is 10.1. The highest BCUT2D eigenvalue weighted by atomic mass is 16.2. The Morgan fingerprint density at radius 3 is 2.43 bits per heavy atom. The van der Waals surface area contributed by atoms with Crippen molar-refractivity contribution in [3.8, 4) is 0 Å². The first-order valence-corrected chi connectivity index (χ1v) is 11.0. The van der Waals surface area contributed by atoms with E-state index in [2.05, 4.69) is 41.8 Å². The molecule has 1 saturated carbocycles. The number of amides is 2. The third kappa shape index (κ3) is 5.68. The number of nitrogens with one attached hydrogen (secondary N) is 4. The molecule has 4 rings (SSSR count). The molecule has 6 heteroatoms. The van der Waals surface area contributed by atoms with Crippen molar-refractivity contribution in [2.75, 3.05) is 38.0 Å².